The summed E-state index contributed by atoms with van der Waals surface area (Å²) in [5.41, 5.74) is 0.843. The fourth-order valence-electron chi connectivity index (χ4n) is 3.31. The summed E-state index contributed by atoms with van der Waals surface area (Å²) in [6, 6.07) is 14.8. The highest BCUT2D eigenvalue weighted by atomic mass is 32.2. The number of nitrogens with zero attached hydrogens (tertiary/aromatic N) is 3. The lowest BCUT2D eigenvalue weighted by atomic mass is 10.2. The molecule has 0 unspecified atom stereocenters. The molecule has 2 aromatic carbocycles. The van der Waals surface area contributed by atoms with E-state index in [0.29, 0.717) is 19.6 Å². The maximum Gasteiger partial charge on any atom is 0.246 e. The van der Waals surface area contributed by atoms with Gasteiger partial charge in [0.05, 0.1) is 6.54 Å². The molecule has 0 bridgehead atoms. The number of piperazine rings is 1. The maximum atomic E-state index is 13.9. The summed E-state index contributed by atoms with van der Waals surface area (Å²) in [6.45, 7) is 3.99. The Morgan fingerprint density at radius 3 is 2.21 bits per heavy atom. The first-order valence-corrected chi connectivity index (χ1v) is 10.7. The summed E-state index contributed by atoms with van der Waals surface area (Å²) in [6.07, 6.45) is 0. The first-order valence-electron chi connectivity index (χ1n) is 9.26. The molecule has 1 saturated heterocycles. The van der Waals surface area contributed by atoms with Crippen molar-refractivity contribution in [1.29, 1.82) is 0 Å². The summed E-state index contributed by atoms with van der Waals surface area (Å²) in [5, 5.41) is 0. The molecule has 0 N–H and O–H groups in total. The van der Waals surface area contributed by atoms with E-state index in [-0.39, 0.29) is 30.4 Å². The number of anilines is 1. The van der Waals surface area contributed by atoms with Gasteiger partial charge in [0.15, 0.2) is 0 Å². The molecule has 0 aromatic heterocycles. The number of carbonyl (C=O) groups is 1. The second kappa shape index (κ2) is 8.81. The molecular formula is C20H24FN3O3S. The van der Waals surface area contributed by atoms with Crippen LogP contribution in [0, 0.1) is 5.82 Å². The van der Waals surface area contributed by atoms with Crippen LogP contribution < -0.4 is 4.90 Å². The SMILES string of the molecule is CCN(C(=O)CN1CCN(S(=O)(=O)c2ccccc2F)CC1)c1ccccc1. The molecule has 8 heteroatoms. The van der Waals surface area contributed by atoms with Gasteiger partial charge < -0.3 is 4.90 Å². The van der Waals surface area contributed by atoms with Crippen LogP contribution in [-0.4, -0.2) is 62.8 Å². The van der Waals surface area contributed by atoms with Crippen LogP contribution in [-0.2, 0) is 14.8 Å². The predicted molar refractivity (Wildman–Crippen MR) is 106 cm³/mol. The van der Waals surface area contributed by atoms with Gasteiger partial charge in [0.25, 0.3) is 0 Å². The van der Waals surface area contributed by atoms with E-state index in [0.717, 1.165) is 11.8 Å². The van der Waals surface area contributed by atoms with Crippen molar-refractivity contribution in [3.8, 4) is 0 Å². The molecule has 0 aliphatic carbocycles. The van der Waals surface area contributed by atoms with E-state index in [2.05, 4.69) is 0 Å². The van der Waals surface area contributed by atoms with Crippen molar-refractivity contribution in [1.82, 2.24) is 9.21 Å². The molecule has 150 valence electrons. The number of rotatable bonds is 6. The minimum absolute atomic E-state index is 0.0286. The Hall–Kier alpha value is -2.29. The van der Waals surface area contributed by atoms with Crippen molar-refractivity contribution in [2.24, 2.45) is 0 Å². The average Bonchev–Trinajstić information content (AvgIpc) is 2.70. The van der Waals surface area contributed by atoms with Gasteiger partial charge in [0, 0.05) is 38.4 Å². The van der Waals surface area contributed by atoms with Crippen molar-refractivity contribution in [2.75, 3.05) is 44.2 Å². The van der Waals surface area contributed by atoms with E-state index in [9.17, 15) is 17.6 Å². The normalized spacial score (nSPS) is 16.1. The third-order valence-corrected chi connectivity index (χ3v) is 6.76. The van der Waals surface area contributed by atoms with Gasteiger partial charge in [-0.1, -0.05) is 30.3 Å². The zero-order valence-corrected chi connectivity index (χ0v) is 16.6. The first kappa shape index (κ1) is 20.4. The molecule has 0 radical (unpaired) electrons. The molecule has 6 nitrogen and oxygen atoms in total. The highest BCUT2D eigenvalue weighted by Gasteiger charge is 2.31. The molecule has 28 heavy (non-hydrogen) atoms. The number of likely N-dealkylation sites (N-methyl/N-ethyl adjacent to an activating group) is 1. The van der Waals surface area contributed by atoms with E-state index in [1.165, 1.54) is 22.5 Å². The number of benzene rings is 2. The Morgan fingerprint density at radius 1 is 1.00 bits per heavy atom. The van der Waals surface area contributed by atoms with Gasteiger partial charge in [-0.3, -0.25) is 9.69 Å². The average molecular weight is 405 g/mol. The van der Waals surface area contributed by atoms with Crippen LogP contribution in [0.1, 0.15) is 6.92 Å². The van der Waals surface area contributed by atoms with Crippen molar-refractivity contribution in [2.45, 2.75) is 11.8 Å². The Kier molecular flexibility index (Phi) is 6.43. The Labute approximate surface area is 165 Å². The van der Waals surface area contributed by atoms with Gasteiger partial charge in [-0.15, -0.1) is 0 Å². The summed E-state index contributed by atoms with van der Waals surface area (Å²) in [5.74, 6) is -0.777. The van der Waals surface area contributed by atoms with Crippen molar-refractivity contribution in [3.05, 3.63) is 60.4 Å². The molecule has 1 aliphatic rings. The van der Waals surface area contributed by atoms with E-state index < -0.39 is 15.8 Å². The number of sulfonamides is 1. The minimum Gasteiger partial charge on any atom is -0.312 e. The number of carbonyl (C=O) groups excluding carboxylic acids is 1. The molecular weight excluding hydrogens is 381 g/mol. The van der Waals surface area contributed by atoms with Crippen LogP contribution in [0.15, 0.2) is 59.5 Å². The van der Waals surface area contributed by atoms with Crippen LogP contribution in [0.25, 0.3) is 0 Å². The second-order valence-corrected chi connectivity index (χ2v) is 8.49. The summed E-state index contributed by atoms with van der Waals surface area (Å²) in [4.78, 5) is 16.0. The van der Waals surface area contributed by atoms with Crippen molar-refractivity contribution in [3.63, 3.8) is 0 Å². The standard InChI is InChI=1S/C20H24FN3O3S/c1-2-24(17-8-4-3-5-9-17)20(25)16-22-12-14-23(15-13-22)28(26,27)19-11-7-6-10-18(19)21/h3-11H,2,12-16H2,1H3. The zero-order valence-electron chi connectivity index (χ0n) is 15.8. The predicted octanol–water partition coefficient (Wildman–Crippen LogP) is 2.19. The van der Waals surface area contributed by atoms with Crippen LogP contribution in [0.3, 0.4) is 0 Å². The molecule has 0 saturated carbocycles. The van der Waals surface area contributed by atoms with Crippen LogP contribution >= 0.6 is 0 Å². The van der Waals surface area contributed by atoms with E-state index >= 15 is 0 Å². The van der Waals surface area contributed by atoms with Gasteiger partial charge in [0.1, 0.15) is 10.7 Å². The Morgan fingerprint density at radius 2 is 1.61 bits per heavy atom. The Balaban J connectivity index is 1.61. The van der Waals surface area contributed by atoms with Crippen LogP contribution in [0.2, 0.25) is 0 Å². The largest absolute Gasteiger partial charge is 0.312 e. The summed E-state index contributed by atoms with van der Waals surface area (Å²) in [7, 11) is -3.87. The lowest BCUT2D eigenvalue weighted by Crippen LogP contribution is -2.51. The smallest absolute Gasteiger partial charge is 0.246 e. The van der Waals surface area contributed by atoms with Gasteiger partial charge in [-0.25, -0.2) is 12.8 Å². The molecule has 1 heterocycles. The molecule has 1 aliphatic heterocycles. The zero-order chi connectivity index (χ0) is 20.1. The van der Waals surface area contributed by atoms with Gasteiger partial charge in [0.2, 0.25) is 15.9 Å². The van der Waals surface area contributed by atoms with Crippen LogP contribution in [0.5, 0.6) is 0 Å². The van der Waals surface area contributed by atoms with E-state index in [1.807, 2.05) is 42.2 Å². The molecule has 0 spiro atoms. The number of hydrogen-bond donors (Lipinski definition) is 0. The molecule has 0 atom stereocenters. The van der Waals surface area contributed by atoms with E-state index in [4.69, 9.17) is 0 Å². The first-order chi connectivity index (χ1) is 13.4. The summed E-state index contributed by atoms with van der Waals surface area (Å²) >= 11 is 0. The number of amides is 1. The monoisotopic (exact) mass is 405 g/mol. The molecule has 1 amide bonds. The van der Waals surface area contributed by atoms with Crippen LogP contribution in [0.4, 0.5) is 10.1 Å². The fourth-order valence-corrected chi connectivity index (χ4v) is 4.80. The third kappa shape index (κ3) is 4.40. The molecule has 3 rings (SSSR count). The Bertz CT molecular complexity index is 913. The van der Waals surface area contributed by atoms with Gasteiger partial charge in [-0.05, 0) is 31.2 Å². The van der Waals surface area contributed by atoms with Gasteiger partial charge in [-0.2, -0.15) is 4.31 Å². The third-order valence-electron chi connectivity index (χ3n) is 4.83. The van der Waals surface area contributed by atoms with E-state index in [1.54, 1.807) is 4.90 Å². The second-order valence-electron chi connectivity index (χ2n) is 6.58. The molecule has 2 aromatic rings. The van der Waals surface area contributed by atoms with Gasteiger partial charge >= 0.3 is 0 Å². The summed E-state index contributed by atoms with van der Waals surface area (Å²) < 4.78 is 40.5. The maximum absolute atomic E-state index is 13.9. The van der Waals surface area contributed by atoms with Crippen molar-refractivity contribution < 1.29 is 17.6 Å². The highest BCUT2D eigenvalue weighted by molar-refractivity contribution is 7.89. The highest BCUT2D eigenvalue weighted by Crippen LogP contribution is 2.20. The lowest BCUT2D eigenvalue weighted by Gasteiger charge is -2.34. The number of halogens is 1. The lowest BCUT2D eigenvalue weighted by molar-refractivity contribution is -0.120. The quantitative estimate of drug-likeness (QED) is 0.739. The van der Waals surface area contributed by atoms with Crippen molar-refractivity contribution >= 4 is 21.6 Å². The fraction of sp³-hybridized carbons (Fsp3) is 0.350. The minimum atomic E-state index is -3.87. The number of para-hydroxylation sites is 1. The number of hydrogen-bond acceptors (Lipinski definition) is 4. The topological polar surface area (TPSA) is 60.9 Å². The molecule has 1 fully saturated rings.